The van der Waals surface area contributed by atoms with Crippen LogP contribution in [0.1, 0.15) is 44.0 Å². The Balaban J connectivity index is 2.05. The Morgan fingerprint density at radius 2 is 2.06 bits per heavy atom. The van der Waals surface area contributed by atoms with Crippen molar-refractivity contribution in [1.29, 1.82) is 0 Å². The largest absolute Gasteiger partial charge is 0.357 e. The van der Waals surface area contributed by atoms with E-state index in [9.17, 15) is 4.79 Å². The molecule has 2 rings (SSSR count). The van der Waals surface area contributed by atoms with Gasteiger partial charge in [0.2, 0.25) is 0 Å². The second kappa shape index (κ2) is 5.51. The van der Waals surface area contributed by atoms with Crippen molar-refractivity contribution >= 4 is 11.6 Å². The molecule has 0 amide bonds. The van der Waals surface area contributed by atoms with Gasteiger partial charge < -0.3 is 4.90 Å². The highest BCUT2D eigenvalue weighted by atomic mass is 16.1. The molecule has 1 aromatic heterocycles. The molecular formula is C15H22N2O. The molecule has 0 aliphatic carbocycles. The Morgan fingerprint density at radius 1 is 1.39 bits per heavy atom. The van der Waals surface area contributed by atoms with Crippen LogP contribution in [-0.2, 0) is 0 Å². The van der Waals surface area contributed by atoms with E-state index in [4.69, 9.17) is 0 Å². The molecule has 0 radical (unpaired) electrons. The Labute approximate surface area is 109 Å². The standard InChI is InChI=1S/C15H22N2O/c1-11(2)13-5-8-17(9-6-13)15-10-14(12(3)18)4-7-16-15/h4,7,10-11,13H,5-6,8-9H2,1-3H3. The first-order chi connectivity index (χ1) is 8.58. The molecule has 0 unspecified atom stereocenters. The summed E-state index contributed by atoms with van der Waals surface area (Å²) in [6.07, 6.45) is 4.19. The molecule has 3 heteroatoms. The van der Waals surface area contributed by atoms with Crippen LogP contribution in [0.2, 0.25) is 0 Å². The van der Waals surface area contributed by atoms with Gasteiger partial charge >= 0.3 is 0 Å². The summed E-state index contributed by atoms with van der Waals surface area (Å²) >= 11 is 0. The number of ketones is 1. The van der Waals surface area contributed by atoms with E-state index in [1.807, 2.05) is 6.07 Å². The minimum absolute atomic E-state index is 0.107. The monoisotopic (exact) mass is 246 g/mol. The first-order valence-electron chi connectivity index (χ1n) is 6.80. The maximum absolute atomic E-state index is 11.4. The van der Waals surface area contributed by atoms with Crippen LogP contribution < -0.4 is 4.90 Å². The first-order valence-corrected chi connectivity index (χ1v) is 6.80. The number of hydrogen-bond acceptors (Lipinski definition) is 3. The van der Waals surface area contributed by atoms with E-state index >= 15 is 0 Å². The lowest BCUT2D eigenvalue weighted by Crippen LogP contribution is -2.35. The first kappa shape index (κ1) is 13.1. The van der Waals surface area contributed by atoms with Gasteiger partial charge in [-0.15, -0.1) is 0 Å². The van der Waals surface area contributed by atoms with Gasteiger partial charge in [0.05, 0.1) is 0 Å². The number of aromatic nitrogens is 1. The second-order valence-corrected chi connectivity index (χ2v) is 5.53. The minimum Gasteiger partial charge on any atom is -0.357 e. The molecule has 0 spiro atoms. The van der Waals surface area contributed by atoms with Crippen LogP contribution in [0.15, 0.2) is 18.3 Å². The number of nitrogens with zero attached hydrogens (tertiary/aromatic N) is 2. The van der Waals surface area contributed by atoms with E-state index in [0.717, 1.165) is 36.3 Å². The molecule has 1 fully saturated rings. The van der Waals surface area contributed by atoms with Crippen molar-refractivity contribution < 1.29 is 4.79 Å². The summed E-state index contributed by atoms with van der Waals surface area (Å²) in [5, 5.41) is 0. The van der Waals surface area contributed by atoms with Crippen molar-refractivity contribution in [1.82, 2.24) is 4.98 Å². The van der Waals surface area contributed by atoms with Crippen molar-refractivity contribution in [2.45, 2.75) is 33.6 Å². The van der Waals surface area contributed by atoms with Crippen molar-refractivity contribution in [3.8, 4) is 0 Å². The summed E-state index contributed by atoms with van der Waals surface area (Å²) in [5.74, 6) is 2.65. The molecule has 1 aromatic rings. The highest BCUT2D eigenvalue weighted by Crippen LogP contribution is 2.27. The van der Waals surface area contributed by atoms with E-state index in [2.05, 4.69) is 23.7 Å². The predicted octanol–water partition coefficient (Wildman–Crippen LogP) is 3.16. The van der Waals surface area contributed by atoms with Gasteiger partial charge in [-0.25, -0.2) is 4.98 Å². The molecule has 0 saturated carbocycles. The summed E-state index contributed by atoms with van der Waals surface area (Å²) in [5.41, 5.74) is 0.756. The highest BCUT2D eigenvalue weighted by Gasteiger charge is 2.22. The summed E-state index contributed by atoms with van der Waals surface area (Å²) in [6, 6.07) is 3.70. The van der Waals surface area contributed by atoms with E-state index in [1.54, 1.807) is 19.2 Å². The van der Waals surface area contributed by atoms with Crippen LogP contribution in [0, 0.1) is 11.8 Å². The zero-order valence-electron chi connectivity index (χ0n) is 11.5. The molecule has 0 N–H and O–H groups in total. The molecule has 0 bridgehead atoms. The minimum atomic E-state index is 0.107. The van der Waals surface area contributed by atoms with Gasteiger partial charge in [0.1, 0.15) is 5.82 Å². The number of pyridine rings is 1. The zero-order chi connectivity index (χ0) is 13.1. The lowest BCUT2D eigenvalue weighted by Gasteiger charge is -2.34. The summed E-state index contributed by atoms with van der Waals surface area (Å²) in [6.45, 7) is 8.31. The van der Waals surface area contributed by atoms with Crippen LogP contribution >= 0.6 is 0 Å². The fourth-order valence-corrected chi connectivity index (χ4v) is 2.61. The molecule has 1 aliphatic heterocycles. The number of Topliss-reactive ketones (excluding diaryl/α,β-unsaturated/α-hetero) is 1. The SMILES string of the molecule is CC(=O)c1ccnc(N2CCC(C(C)C)CC2)c1. The molecule has 3 nitrogen and oxygen atoms in total. The van der Waals surface area contributed by atoms with Gasteiger partial charge in [-0.3, -0.25) is 4.79 Å². The number of carbonyl (C=O) groups is 1. The van der Waals surface area contributed by atoms with Gasteiger partial charge in [0.25, 0.3) is 0 Å². The normalized spacial score (nSPS) is 17.2. The average molecular weight is 246 g/mol. The lowest BCUT2D eigenvalue weighted by molar-refractivity contribution is 0.101. The lowest BCUT2D eigenvalue weighted by atomic mass is 9.87. The van der Waals surface area contributed by atoms with Crippen molar-refractivity contribution in [2.75, 3.05) is 18.0 Å². The third-order valence-corrected chi connectivity index (χ3v) is 3.96. The van der Waals surface area contributed by atoms with Gasteiger partial charge in [-0.05, 0) is 43.7 Å². The maximum Gasteiger partial charge on any atom is 0.159 e. The third kappa shape index (κ3) is 2.89. The van der Waals surface area contributed by atoms with Gasteiger partial charge in [0, 0.05) is 24.8 Å². The molecule has 18 heavy (non-hydrogen) atoms. The topological polar surface area (TPSA) is 33.2 Å². The van der Waals surface area contributed by atoms with Gasteiger partial charge in [0.15, 0.2) is 5.78 Å². The van der Waals surface area contributed by atoms with Crippen molar-refractivity contribution in [2.24, 2.45) is 11.8 Å². The highest BCUT2D eigenvalue weighted by molar-refractivity contribution is 5.94. The van der Waals surface area contributed by atoms with E-state index < -0.39 is 0 Å². The Hall–Kier alpha value is -1.38. The molecule has 1 saturated heterocycles. The van der Waals surface area contributed by atoms with Crippen molar-refractivity contribution in [3.05, 3.63) is 23.9 Å². The number of anilines is 1. The number of rotatable bonds is 3. The van der Waals surface area contributed by atoms with Crippen LogP contribution in [-0.4, -0.2) is 23.9 Å². The smallest absolute Gasteiger partial charge is 0.159 e. The maximum atomic E-state index is 11.4. The molecule has 0 atom stereocenters. The van der Waals surface area contributed by atoms with E-state index in [1.165, 1.54) is 12.8 Å². The second-order valence-electron chi connectivity index (χ2n) is 5.53. The van der Waals surface area contributed by atoms with Crippen LogP contribution in [0.3, 0.4) is 0 Å². The number of hydrogen-bond donors (Lipinski definition) is 0. The summed E-state index contributed by atoms with van der Waals surface area (Å²) in [7, 11) is 0. The molecule has 0 aromatic carbocycles. The Kier molecular flexibility index (Phi) is 4.00. The van der Waals surface area contributed by atoms with Gasteiger partial charge in [-0.1, -0.05) is 13.8 Å². The molecular weight excluding hydrogens is 224 g/mol. The average Bonchev–Trinajstić information content (AvgIpc) is 2.39. The fourth-order valence-electron chi connectivity index (χ4n) is 2.61. The van der Waals surface area contributed by atoms with E-state index in [-0.39, 0.29) is 5.78 Å². The number of piperidine rings is 1. The van der Waals surface area contributed by atoms with Crippen LogP contribution in [0.25, 0.3) is 0 Å². The molecule has 1 aliphatic rings. The van der Waals surface area contributed by atoms with E-state index in [0.29, 0.717) is 0 Å². The van der Waals surface area contributed by atoms with Crippen LogP contribution in [0.5, 0.6) is 0 Å². The Morgan fingerprint density at radius 3 is 2.61 bits per heavy atom. The zero-order valence-corrected chi connectivity index (χ0v) is 11.5. The summed E-state index contributed by atoms with van der Waals surface area (Å²) < 4.78 is 0. The Bertz CT molecular complexity index is 420. The van der Waals surface area contributed by atoms with Crippen LogP contribution in [0.4, 0.5) is 5.82 Å². The van der Waals surface area contributed by atoms with Crippen molar-refractivity contribution in [3.63, 3.8) is 0 Å². The van der Waals surface area contributed by atoms with Gasteiger partial charge in [-0.2, -0.15) is 0 Å². The summed E-state index contributed by atoms with van der Waals surface area (Å²) in [4.78, 5) is 18.1. The third-order valence-electron chi connectivity index (χ3n) is 3.96. The predicted molar refractivity (Wildman–Crippen MR) is 74.0 cm³/mol. The number of carbonyl (C=O) groups excluding carboxylic acids is 1. The molecule has 2 heterocycles. The quantitative estimate of drug-likeness (QED) is 0.768. The fraction of sp³-hybridized carbons (Fsp3) is 0.600. The molecule has 98 valence electrons.